The summed E-state index contributed by atoms with van der Waals surface area (Å²) in [6.07, 6.45) is 4.04. The Bertz CT molecular complexity index is 350. The summed E-state index contributed by atoms with van der Waals surface area (Å²) in [6, 6.07) is 8.74. The number of fused-ring (bicyclic) bond motifs is 2. The third-order valence-corrected chi connectivity index (χ3v) is 4.16. The van der Waals surface area contributed by atoms with Crippen LogP contribution in [-0.2, 0) is 5.54 Å². The van der Waals surface area contributed by atoms with E-state index in [0.29, 0.717) is 5.54 Å². The minimum atomic E-state index is 0.326. The molecule has 0 amide bonds. The first kappa shape index (κ1) is 8.93. The van der Waals surface area contributed by atoms with Crippen LogP contribution in [0.4, 0.5) is 0 Å². The lowest BCUT2D eigenvalue weighted by Gasteiger charge is -2.53. The van der Waals surface area contributed by atoms with Gasteiger partial charge in [-0.15, -0.1) is 0 Å². The molecule has 2 bridgehead atoms. The van der Waals surface area contributed by atoms with E-state index in [4.69, 9.17) is 0 Å². The molecule has 1 aromatic carbocycles. The van der Waals surface area contributed by atoms with E-state index in [-0.39, 0.29) is 0 Å². The summed E-state index contributed by atoms with van der Waals surface area (Å²) >= 11 is 3.54. The first-order valence-corrected chi connectivity index (χ1v) is 6.09. The second kappa shape index (κ2) is 3.07. The third kappa shape index (κ3) is 1.24. The first-order chi connectivity index (χ1) is 6.78. The van der Waals surface area contributed by atoms with Gasteiger partial charge in [-0.05, 0) is 49.4 Å². The Morgan fingerprint density at radius 3 is 2.86 bits per heavy atom. The molecule has 1 saturated carbocycles. The van der Waals surface area contributed by atoms with E-state index in [9.17, 15) is 0 Å². The summed E-state index contributed by atoms with van der Waals surface area (Å²) in [5, 5.41) is 3.68. The summed E-state index contributed by atoms with van der Waals surface area (Å²) in [5.74, 6) is 0.982. The van der Waals surface area contributed by atoms with Crippen LogP contribution in [0, 0.1) is 5.92 Å². The SMILES string of the molecule is Brc1cccc(C23CC(CCN2)C3)c1. The number of benzene rings is 1. The third-order valence-electron chi connectivity index (χ3n) is 3.67. The highest BCUT2D eigenvalue weighted by Gasteiger charge is 2.47. The van der Waals surface area contributed by atoms with Crippen molar-refractivity contribution in [2.45, 2.75) is 24.8 Å². The zero-order valence-corrected chi connectivity index (χ0v) is 9.68. The molecule has 74 valence electrons. The van der Waals surface area contributed by atoms with E-state index in [0.717, 1.165) is 5.92 Å². The van der Waals surface area contributed by atoms with Gasteiger partial charge in [-0.2, -0.15) is 0 Å². The van der Waals surface area contributed by atoms with Crippen LogP contribution in [0.1, 0.15) is 24.8 Å². The molecule has 0 unspecified atom stereocenters. The molecule has 4 rings (SSSR count). The normalized spacial score (nSPS) is 35.1. The van der Waals surface area contributed by atoms with Crippen LogP contribution in [-0.4, -0.2) is 6.54 Å². The lowest BCUT2D eigenvalue weighted by molar-refractivity contribution is 0.0501. The van der Waals surface area contributed by atoms with Crippen molar-refractivity contribution < 1.29 is 0 Å². The van der Waals surface area contributed by atoms with Gasteiger partial charge < -0.3 is 5.32 Å². The maximum absolute atomic E-state index is 3.68. The lowest BCUT2D eigenvalue weighted by atomic mass is 9.61. The predicted molar refractivity (Wildman–Crippen MR) is 61.2 cm³/mol. The molecule has 1 nitrogen and oxygen atoms in total. The van der Waals surface area contributed by atoms with Crippen LogP contribution < -0.4 is 5.32 Å². The lowest BCUT2D eigenvalue weighted by Crippen LogP contribution is -2.57. The molecule has 2 heteroatoms. The number of hydrogen-bond donors (Lipinski definition) is 1. The van der Waals surface area contributed by atoms with Gasteiger partial charge in [0.25, 0.3) is 0 Å². The van der Waals surface area contributed by atoms with E-state index in [1.807, 2.05) is 0 Å². The van der Waals surface area contributed by atoms with Crippen molar-refractivity contribution >= 4 is 15.9 Å². The van der Waals surface area contributed by atoms with Gasteiger partial charge in [0.05, 0.1) is 0 Å². The van der Waals surface area contributed by atoms with Gasteiger partial charge >= 0.3 is 0 Å². The molecule has 14 heavy (non-hydrogen) atoms. The second-order valence-corrected chi connectivity index (χ2v) is 5.50. The summed E-state index contributed by atoms with van der Waals surface area (Å²) in [5.41, 5.74) is 1.79. The molecule has 1 N–H and O–H groups in total. The summed E-state index contributed by atoms with van der Waals surface area (Å²) < 4.78 is 1.19. The highest BCUT2D eigenvalue weighted by molar-refractivity contribution is 9.10. The molecular formula is C12H14BrN. The van der Waals surface area contributed by atoms with Crippen molar-refractivity contribution in [2.24, 2.45) is 5.92 Å². The van der Waals surface area contributed by atoms with E-state index < -0.39 is 0 Å². The van der Waals surface area contributed by atoms with Gasteiger partial charge in [-0.25, -0.2) is 0 Å². The monoisotopic (exact) mass is 251 g/mol. The Morgan fingerprint density at radius 2 is 2.21 bits per heavy atom. The van der Waals surface area contributed by atoms with Gasteiger partial charge in [0, 0.05) is 10.0 Å². The number of hydrogen-bond acceptors (Lipinski definition) is 1. The van der Waals surface area contributed by atoms with E-state index in [1.54, 1.807) is 0 Å². The molecule has 1 aromatic rings. The van der Waals surface area contributed by atoms with Crippen LogP contribution in [0.25, 0.3) is 0 Å². The van der Waals surface area contributed by atoms with Crippen LogP contribution in [0.2, 0.25) is 0 Å². The van der Waals surface area contributed by atoms with Crippen molar-refractivity contribution in [3.8, 4) is 0 Å². The van der Waals surface area contributed by atoms with Crippen LogP contribution in [0.5, 0.6) is 0 Å². The highest BCUT2D eigenvalue weighted by atomic mass is 79.9. The molecule has 0 atom stereocenters. The Balaban J connectivity index is 1.95. The van der Waals surface area contributed by atoms with Crippen LogP contribution >= 0.6 is 15.9 Å². The summed E-state index contributed by atoms with van der Waals surface area (Å²) in [7, 11) is 0. The fraction of sp³-hybridized carbons (Fsp3) is 0.500. The average molecular weight is 252 g/mol. The molecule has 0 aromatic heterocycles. The van der Waals surface area contributed by atoms with Crippen LogP contribution in [0.3, 0.4) is 0 Å². The van der Waals surface area contributed by atoms with Crippen molar-refractivity contribution in [1.82, 2.24) is 5.32 Å². The largest absolute Gasteiger partial charge is 0.307 e. The minimum Gasteiger partial charge on any atom is -0.307 e. The first-order valence-electron chi connectivity index (χ1n) is 5.30. The van der Waals surface area contributed by atoms with Crippen molar-refractivity contribution in [2.75, 3.05) is 6.54 Å². The van der Waals surface area contributed by atoms with E-state index in [2.05, 4.69) is 45.5 Å². The zero-order chi connectivity index (χ0) is 9.60. The minimum absolute atomic E-state index is 0.326. The topological polar surface area (TPSA) is 12.0 Å². The van der Waals surface area contributed by atoms with E-state index >= 15 is 0 Å². The standard InChI is InChI=1S/C12H14BrN/c13-11-3-1-2-10(6-11)12-7-9(8-12)4-5-14-12/h1-3,6,9,14H,4-5,7-8H2. The molecule has 3 fully saturated rings. The molecule has 2 saturated heterocycles. The number of halogens is 1. The van der Waals surface area contributed by atoms with E-state index in [1.165, 1.54) is 35.8 Å². The number of piperidine rings is 2. The summed E-state index contributed by atoms with van der Waals surface area (Å²) in [6.45, 7) is 1.19. The Kier molecular flexibility index (Phi) is 1.96. The Hall–Kier alpha value is -0.340. The molecule has 3 aliphatic rings. The van der Waals surface area contributed by atoms with Crippen molar-refractivity contribution in [3.05, 3.63) is 34.3 Å². The Morgan fingerprint density at radius 1 is 1.36 bits per heavy atom. The molecule has 0 radical (unpaired) electrons. The molecule has 2 heterocycles. The fourth-order valence-electron chi connectivity index (χ4n) is 2.91. The maximum atomic E-state index is 3.68. The van der Waals surface area contributed by atoms with Crippen molar-refractivity contribution in [1.29, 1.82) is 0 Å². The highest BCUT2D eigenvalue weighted by Crippen LogP contribution is 2.50. The van der Waals surface area contributed by atoms with Gasteiger partial charge in [0.15, 0.2) is 0 Å². The van der Waals surface area contributed by atoms with Crippen molar-refractivity contribution in [3.63, 3.8) is 0 Å². The number of rotatable bonds is 1. The fourth-order valence-corrected chi connectivity index (χ4v) is 3.31. The maximum Gasteiger partial charge on any atom is 0.0440 e. The molecular weight excluding hydrogens is 238 g/mol. The zero-order valence-electron chi connectivity index (χ0n) is 8.09. The van der Waals surface area contributed by atoms with Gasteiger partial charge in [-0.1, -0.05) is 28.1 Å². The van der Waals surface area contributed by atoms with Gasteiger partial charge in [0.2, 0.25) is 0 Å². The molecule has 0 spiro atoms. The number of nitrogens with one attached hydrogen (secondary N) is 1. The van der Waals surface area contributed by atoms with Crippen LogP contribution in [0.15, 0.2) is 28.7 Å². The van der Waals surface area contributed by atoms with Gasteiger partial charge in [-0.3, -0.25) is 0 Å². The summed E-state index contributed by atoms with van der Waals surface area (Å²) in [4.78, 5) is 0. The predicted octanol–water partition coefficient (Wildman–Crippen LogP) is 3.05. The smallest absolute Gasteiger partial charge is 0.0440 e. The quantitative estimate of drug-likeness (QED) is 0.810. The second-order valence-electron chi connectivity index (χ2n) is 4.58. The molecule has 1 aliphatic carbocycles. The Labute approximate surface area is 93.0 Å². The average Bonchev–Trinajstić information content (AvgIpc) is 2.17. The van der Waals surface area contributed by atoms with Gasteiger partial charge in [0.1, 0.15) is 0 Å². The molecule has 2 aliphatic heterocycles.